The fraction of sp³-hybridized carbons (Fsp3) is 0.400. The predicted octanol–water partition coefficient (Wildman–Crippen LogP) is 2.46. The maximum atomic E-state index is 10.7. The first-order chi connectivity index (χ1) is 10.1. The van der Waals surface area contributed by atoms with Gasteiger partial charge in [-0.3, -0.25) is 4.79 Å². The lowest BCUT2D eigenvalue weighted by atomic mass is 10.0. The van der Waals surface area contributed by atoms with Crippen LogP contribution in [0, 0.1) is 5.92 Å². The fourth-order valence-corrected chi connectivity index (χ4v) is 2.13. The van der Waals surface area contributed by atoms with Crippen LogP contribution in [0.3, 0.4) is 0 Å². The Bertz CT molecular complexity index is 582. The number of rotatable bonds is 7. The average molecular weight is 290 g/mol. The molecule has 1 aromatic carbocycles. The molecule has 0 radical (unpaired) electrons. The van der Waals surface area contributed by atoms with E-state index in [2.05, 4.69) is 10.2 Å². The van der Waals surface area contributed by atoms with Crippen LogP contribution in [0.15, 0.2) is 34.7 Å². The van der Waals surface area contributed by atoms with Crippen molar-refractivity contribution in [3.05, 3.63) is 47.7 Å². The zero-order valence-corrected chi connectivity index (χ0v) is 12.0. The van der Waals surface area contributed by atoms with Gasteiger partial charge in [-0.05, 0) is 11.5 Å². The summed E-state index contributed by atoms with van der Waals surface area (Å²) in [6, 6.07) is 9.58. The number of carbonyl (C=O) groups is 1. The topological polar surface area (TPSA) is 85.5 Å². The van der Waals surface area contributed by atoms with Gasteiger partial charge in [0.2, 0.25) is 11.8 Å². The van der Waals surface area contributed by atoms with Gasteiger partial charge in [-0.1, -0.05) is 37.3 Å². The molecule has 0 bridgehead atoms. The number of hydrogen-bond donors (Lipinski definition) is 1. The highest BCUT2D eigenvalue weighted by Crippen LogP contribution is 2.24. The third-order valence-corrected chi connectivity index (χ3v) is 3.09. The number of benzene rings is 1. The van der Waals surface area contributed by atoms with Gasteiger partial charge in [0.1, 0.15) is 0 Å². The van der Waals surface area contributed by atoms with Crippen LogP contribution in [0.2, 0.25) is 0 Å². The Labute approximate surface area is 122 Å². The molecular weight excluding hydrogens is 272 g/mol. The molecule has 1 N–H and O–H groups in total. The zero-order valence-electron chi connectivity index (χ0n) is 12.0. The van der Waals surface area contributed by atoms with E-state index in [0.29, 0.717) is 18.2 Å². The second-order valence-corrected chi connectivity index (χ2v) is 4.97. The summed E-state index contributed by atoms with van der Waals surface area (Å²) >= 11 is 0. The Morgan fingerprint density at radius 1 is 1.33 bits per heavy atom. The smallest absolute Gasteiger partial charge is 0.303 e. The number of ether oxygens (including phenoxy) is 1. The molecule has 0 aliphatic rings. The van der Waals surface area contributed by atoms with E-state index in [4.69, 9.17) is 14.3 Å². The van der Waals surface area contributed by atoms with E-state index in [1.165, 1.54) is 0 Å². The first-order valence-corrected chi connectivity index (χ1v) is 6.72. The summed E-state index contributed by atoms with van der Waals surface area (Å²) in [6.45, 7) is 1.84. The van der Waals surface area contributed by atoms with Crippen LogP contribution in [0.4, 0.5) is 0 Å². The summed E-state index contributed by atoms with van der Waals surface area (Å²) < 4.78 is 11.0. The predicted molar refractivity (Wildman–Crippen MR) is 74.7 cm³/mol. The molecule has 0 fully saturated rings. The Balaban J connectivity index is 2.09. The van der Waals surface area contributed by atoms with Gasteiger partial charge in [0.15, 0.2) is 6.10 Å². The third kappa shape index (κ3) is 4.13. The summed E-state index contributed by atoms with van der Waals surface area (Å²) in [7, 11) is 1.58. The normalized spacial score (nSPS) is 13.8. The monoisotopic (exact) mass is 290 g/mol. The lowest BCUT2D eigenvalue weighted by Crippen LogP contribution is -2.07. The standard InChI is InChI=1S/C15H18N2O4/c1-10(9-13(18)19)8-12-16-17-15(21-12)14(20-2)11-6-4-3-5-7-11/h3-7,10,14H,8-9H2,1-2H3,(H,18,19). The maximum Gasteiger partial charge on any atom is 0.303 e. The highest BCUT2D eigenvalue weighted by molar-refractivity contribution is 5.66. The third-order valence-electron chi connectivity index (χ3n) is 3.09. The number of carboxylic acid groups (broad SMARTS) is 1. The quantitative estimate of drug-likeness (QED) is 0.843. The molecule has 0 aliphatic heterocycles. The first-order valence-electron chi connectivity index (χ1n) is 6.72. The van der Waals surface area contributed by atoms with E-state index >= 15 is 0 Å². The minimum absolute atomic E-state index is 0.0616. The molecule has 6 nitrogen and oxygen atoms in total. The Hall–Kier alpha value is -2.21. The highest BCUT2D eigenvalue weighted by atomic mass is 16.5. The molecule has 2 unspecified atom stereocenters. The molecular formula is C15H18N2O4. The van der Waals surface area contributed by atoms with Crippen molar-refractivity contribution >= 4 is 5.97 Å². The van der Waals surface area contributed by atoms with Crippen LogP contribution in [0.1, 0.15) is 36.8 Å². The van der Waals surface area contributed by atoms with Crippen molar-refractivity contribution in [2.45, 2.75) is 25.9 Å². The number of carboxylic acids is 1. The van der Waals surface area contributed by atoms with E-state index < -0.39 is 12.1 Å². The maximum absolute atomic E-state index is 10.7. The first kappa shape index (κ1) is 15.2. The van der Waals surface area contributed by atoms with Crippen LogP contribution in [0.5, 0.6) is 0 Å². The number of hydrogen-bond acceptors (Lipinski definition) is 5. The van der Waals surface area contributed by atoms with Gasteiger partial charge in [0.25, 0.3) is 0 Å². The molecule has 2 atom stereocenters. The van der Waals surface area contributed by atoms with Crippen molar-refractivity contribution in [2.24, 2.45) is 5.92 Å². The van der Waals surface area contributed by atoms with Crippen molar-refractivity contribution in [3.8, 4) is 0 Å². The summed E-state index contributed by atoms with van der Waals surface area (Å²) in [6.07, 6.45) is 0.0940. The summed E-state index contributed by atoms with van der Waals surface area (Å²) in [4.78, 5) is 10.7. The Morgan fingerprint density at radius 3 is 2.67 bits per heavy atom. The minimum atomic E-state index is -0.832. The van der Waals surface area contributed by atoms with E-state index in [0.717, 1.165) is 5.56 Å². The summed E-state index contributed by atoms with van der Waals surface area (Å²) in [5.41, 5.74) is 0.925. The van der Waals surface area contributed by atoms with E-state index in [1.54, 1.807) is 7.11 Å². The van der Waals surface area contributed by atoms with Crippen LogP contribution < -0.4 is 0 Å². The average Bonchev–Trinajstić information content (AvgIpc) is 2.88. The van der Waals surface area contributed by atoms with E-state index in [1.807, 2.05) is 37.3 Å². The molecule has 2 rings (SSSR count). The molecule has 6 heteroatoms. The summed E-state index contributed by atoms with van der Waals surface area (Å²) in [5.74, 6) is -0.0900. The molecule has 112 valence electrons. The molecule has 0 aliphatic carbocycles. The number of aliphatic carboxylic acids is 1. The zero-order chi connectivity index (χ0) is 15.2. The molecule has 0 saturated heterocycles. The number of aromatic nitrogens is 2. The lowest BCUT2D eigenvalue weighted by Gasteiger charge is -2.11. The van der Waals surface area contributed by atoms with Gasteiger partial charge in [0, 0.05) is 20.0 Å². The van der Waals surface area contributed by atoms with Crippen molar-refractivity contribution in [2.75, 3.05) is 7.11 Å². The van der Waals surface area contributed by atoms with Gasteiger partial charge in [0.05, 0.1) is 0 Å². The van der Waals surface area contributed by atoms with Gasteiger partial charge in [-0.2, -0.15) is 0 Å². The van der Waals surface area contributed by atoms with Crippen LogP contribution in [-0.4, -0.2) is 28.4 Å². The molecule has 0 amide bonds. The molecule has 0 saturated carbocycles. The number of nitrogens with zero attached hydrogens (tertiary/aromatic N) is 2. The summed E-state index contributed by atoms with van der Waals surface area (Å²) in [5, 5.41) is 16.7. The van der Waals surface area contributed by atoms with Crippen molar-refractivity contribution in [1.29, 1.82) is 0 Å². The fourth-order valence-electron chi connectivity index (χ4n) is 2.13. The van der Waals surface area contributed by atoms with Crippen LogP contribution >= 0.6 is 0 Å². The van der Waals surface area contributed by atoms with Gasteiger partial charge in [-0.15, -0.1) is 10.2 Å². The molecule has 21 heavy (non-hydrogen) atoms. The van der Waals surface area contributed by atoms with E-state index in [-0.39, 0.29) is 12.3 Å². The largest absolute Gasteiger partial charge is 0.481 e. The van der Waals surface area contributed by atoms with Crippen molar-refractivity contribution in [3.63, 3.8) is 0 Å². The highest BCUT2D eigenvalue weighted by Gasteiger charge is 2.21. The van der Waals surface area contributed by atoms with Gasteiger partial charge >= 0.3 is 5.97 Å². The van der Waals surface area contributed by atoms with E-state index in [9.17, 15) is 4.79 Å². The SMILES string of the molecule is COC(c1ccccc1)c1nnc(CC(C)CC(=O)O)o1. The molecule has 0 spiro atoms. The van der Waals surface area contributed by atoms with Crippen LogP contribution in [-0.2, 0) is 16.0 Å². The Morgan fingerprint density at radius 2 is 2.05 bits per heavy atom. The Kier molecular flexibility index (Phi) is 5.05. The second kappa shape index (κ2) is 6.99. The minimum Gasteiger partial charge on any atom is -0.481 e. The van der Waals surface area contributed by atoms with Gasteiger partial charge in [-0.25, -0.2) is 0 Å². The number of methoxy groups -OCH3 is 1. The lowest BCUT2D eigenvalue weighted by molar-refractivity contribution is -0.137. The van der Waals surface area contributed by atoms with Gasteiger partial charge < -0.3 is 14.3 Å². The second-order valence-electron chi connectivity index (χ2n) is 4.97. The molecule has 1 heterocycles. The van der Waals surface area contributed by atoms with Crippen molar-refractivity contribution < 1.29 is 19.1 Å². The molecule has 1 aromatic heterocycles. The van der Waals surface area contributed by atoms with Crippen LogP contribution in [0.25, 0.3) is 0 Å². The molecule has 2 aromatic rings. The van der Waals surface area contributed by atoms with Crippen molar-refractivity contribution in [1.82, 2.24) is 10.2 Å².